The Morgan fingerprint density at radius 3 is 1.11 bits per heavy atom. The van der Waals surface area contributed by atoms with Crippen molar-refractivity contribution in [3.8, 4) is 44.9 Å². The molecule has 12 aromatic rings. The second kappa shape index (κ2) is 35.1. The van der Waals surface area contributed by atoms with Crippen LogP contribution < -0.4 is 69.7 Å². The Labute approximate surface area is 680 Å². The number of hydrogen-bond acceptors (Lipinski definition) is 26. The molecule has 12 N–H and O–H groups in total. The molecule has 604 valence electrons. The molecule has 3 aromatic heterocycles. The monoisotopic (exact) mass is 1710 g/mol. The number of benzene rings is 9. The molecule has 39 heteroatoms. The molecule has 0 atom stereocenters. The third-order valence-corrected chi connectivity index (χ3v) is 26.9. The summed E-state index contributed by atoms with van der Waals surface area (Å²) < 4.78 is 179. The third kappa shape index (κ3) is 20.4. The molecule has 12 bridgehead atoms. The fourth-order valence-electron chi connectivity index (χ4n) is 12.1. The molecular formula is C78H75ClN18O14S6. The van der Waals surface area contributed by atoms with Crippen LogP contribution in [0, 0.1) is 0 Å². The quantitative estimate of drug-likeness (QED) is 0.0510. The summed E-state index contributed by atoms with van der Waals surface area (Å²) in [6, 6.07) is 57.3. The van der Waals surface area contributed by atoms with Gasteiger partial charge in [-0.2, -0.15) is 15.0 Å². The molecule has 32 nitrogen and oxygen atoms in total. The van der Waals surface area contributed by atoms with Gasteiger partial charge < -0.3 is 41.4 Å². The minimum absolute atomic E-state index is 0.0529. The van der Waals surface area contributed by atoms with E-state index in [0.29, 0.717) is 136 Å². The van der Waals surface area contributed by atoms with E-state index in [4.69, 9.17) is 21.1 Å². The van der Waals surface area contributed by atoms with Gasteiger partial charge in [-0.05, 0) is 181 Å². The van der Waals surface area contributed by atoms with E-state index in [0.717, 1.165) is 34.2 Å². The summed E-state index contributed by atoms with van der Waals surface area (Å²) in [6.07, 6.45) is 7.30. The smallest absolute Gasteiger partial charge is 0.262 e. The fourth-order valence-corrected chi connectivity index (χ4v) is 19.1. The van der Waals surface area contributed by atoms with E-state index in [1.54, 1.807) is 164 Å². The van der Waals surface area contributed by atoms with E-state index >= 15 is 0 Å². The molecule has 0 amide bonds. The standard InChI is InChI=1S/C27H28N6O4S2.C26H24N6O6S2.C25H23ClN6O4S2/c1-2-19-6-3-8-23(16-19)39(36,37)33-21-12-10-20(11-13-21)25-18-29-27-31-22-7-4-9-24(17-22)38(34,35)30-15-5-14-28-26(25)32-27;33-39(34)20-4-1-3-19(13-20)30-26-28-15-22(25(31-26)27-11-2-12-29-39)17-5-7-18(8-6-17)32-40(35,36)21-9-10-23-24(14-21)38-16-37-23;26-18-4-1-6-21(14-18)38(35,36)32-19-10-8-17(9-11-19)23-16-28-25-30-20-5-2-7-22(15-20)37(33,34)29-13-3-12-27-24(23)31-25/h3-4,6-13,16-18,30,33H,2,5,14-15H2,1H3,(H2,28,29,31,32);1,3-10,13-15,29,32H,2,11-12,16H2,(H2,27,28,30,31);1-2,4-11,14-16,29,32H,3,12-13H2,(H2,27,28,30,31). The van der Waals surface area contributed by atoms with Crippen LogP contribution in [0.15, 0.2) is 260 Å². The normalized spacial score (nSPS) is 15.3. The molecule has 7 heterocycles. The molecule has 0 unspecified atom stereocenters. The van der Waals surface area contributed by atoms with E-state index in [2.05, 4.69) is 90.1 Å². The first-order valence-electron chi connectivity index (χ1n) is 36.3. The molecule has 0 saturated heterocycles. The molecule has 117 heavy (non-hydrogen) atoms. The topological polar surface area (TPSA) is 445 Å². The van der Waals surface area contributed by atoms with Crippen LogP contribution in [0.4, 0.5) is 69.4 Å². The SMILES string of the molecule is CCc1cccc(S(=O)(=O)Nc2ccc(-c3cnc4nc3NCCCNS(=O)(=O)c3cccc(c3)N4)cc2)c1.O=S1(=O)NCCCNc2nc(ncc2-c2ccc(NS(=O)(=O)c3ccc4c(c3)OCO4)cc2)Nc2cccc1c2.O=S1(=O)NCCCNc2nc(ncc2-c2ccc(NS(=O)(=O)c3cccc(Cl)c3)cc2)Nc2cccc1c2. The number of aryl methyl sites for hydroxylation is 1. The number of nitrogens with zero attached hydrogens (tertiary/aromatic N) is 6. The van der Waals surface area contributed by atoms with Gasteiger partial charge >= 0.3 is 0 Å². The van der Waals surface area contributed by atoms with E-state index in [-0.39, 0.29) is 55.8 Å². The summed E-state index contributed by atoms with van der Waals surface area (Å²) >= 11 is 5.94. The number of rotatable bonds is 13. The Balaban J connectivity index is 0.000000145. The molecule has 9 aromatic carbocycles. The van der Waals surface area contributed by atoms with E-state index in [1.165, 1.54) is 60.7 Å². The number of halogens is 1. The van der Waals surface area contributed by atoms with Crippen LogP contribution in [0.5, 0.6) is 11.5 Å². The number of nitrogens with one attached hydrogen (secondary N) is 12. The zero-order valence-electron chi connectivity index (χ0n) is 61.9. The van der Waals surface area contributed by atoms with Crippen LogP contribution in [0.1, 0.15) is 31.7 Å². The Morgan fingerprint density at radius 2 is 0.735 bits per heavy atom. The van der Waals surface area contributed by atoms with Crippen LogP contribution in [-0.2, 0) is 66.6 Å². The zero-order valence-corrected chi connectivity index (χ0v) is 67.6. The van der Waals surface area contributed by atoms with Crippen molar-refractivity contribution in [1.29, 1.82) is 0 Å². The lowest BCUT2D eigenvalue weighted by Crippen LogP contribution is -2.26. The highest BCUT2D eigenvalue weighted by atomic mass is 35.5. The highest BCUT2D eigenvalue weighted by Crippen LogP contribution is 2.37. The van der Waals surface area contributed by atoms with Crippen LogP contribution in [0.2, 0.25) is 5.02 Å². The number of anilines is 12. The van der Waals surface area contributed by atoms with Gasteiger partial charge in [0.2, 0.25) is 54.7 Å². The average Bonchev–Trinajstić information content (AvgIpc) is 1.80. The predicted molar refractivity (Wildman–Crippen MR) is 449 cm³/mol. The number of hydrogen-bond donors (Lipinski definition) is 12. The van der Waals surface area contributed by atoms with Gasteiger partial charge in [-0.1, -0.05) is 91.3 Å². The minimum Gasteiger partial charge on any atom is -0.454 e. The molecule has 0 radical (unpaired) electrons. The maximum absolute atomic E-state index is 12.9. The van der Waals surface area contributed by atoms with Crippen molar-refractivity contribution in [2.75, 3.05) is 92.1 Å². The molecule has 0 fully saturated rings. The first-order valence-corrected chi connectivity index (χ1v) is 45.5. The second-order valence-electron chi connectivity index (χ2n) is 26.4. The molecule has 4 aliphatic rings. The largest absolute Gasteiger partial charge is 0.454 e. The maximum atomic E-state index is 12.9. The number of fused-ring (bicyclic) bond motifs is 13. The Morgan fingerprint density at radius 1 is 0.385 bits per heavy atom. The summed E-state index contributed by atoms with van der Waals surface area (Å²) in [4.78, 5) is 27.9. The van der Waals surface area contributed by atoms with Crippen molar-refractivity contribution < 1.29 is 60.0 Å². The third-order valence-electron chi connectivity index (χ3n) is 18.1. The molecule has 0 aliphatic carbocycles. The van der Waals surface area contributed by atoms with Gasteiger partial charge in [0.15, 0.2) is 11.5 Å². The van der Waals surface area contributed by atoms with Crippen molar-refractivity contribution in [1.82, 2.24) is 44.1 Å². The van der Waals surface area contributed by atoms with Gasteiger partial charge in [-0.15, -0.1) is 0 Å². The predicted octanol–water partition coefficient (Wildman–Crippen LogP) is 12.3. The molecule has 0 spiro atoms. The van der Waals surface area contributed by atoms with E-state index in [9.17, 15) is 50.5 Å². The van der Waals surface area contributed by atoms with Crippen molar-refractivity contribution in [3.63, 3.8) is 0 Å². The zero-order chi connectivity index (χ0) is 82.0. The number of sulfonamides is 6. The Hall–Kier alpha value is -12.1. The maximum Gasteiger partial charge on any atom is 0.262 e. The van der Waals surface area contributed by atoms with Gasteiger partial charge in [0.05, 0.1) is 29.4 Å². The number of ether oxygens (including phenoxy) is 2. The van der Waals surface area contributed by atoms with Gasteiger partial charge in [0.1, 0.15) is 17.5 Å². The van der Waals surface area contributed by atoms with Crippen LogP contribution in [0.25, 0.3) is 33.4 Å². The summed E-state index contributed by atoms with van der Waals surface area (Å²) in [6.45, 7) is 4.17. The van der Waals surface area contributed by atoms with Crippen molar-refractivity contribution in [3.05, 3.63) is 241 Å². The van der Waals surface area contributed by atoms with Gasteiger partial charge in [0.25, 0.3) is 30.1 Å². The Kier molecular flexibility index (Phi) is 24.5. The van der Waals surface area contributed by atoms with E-state index in [1.807, 2.05) is 13.0 Å². The van der Waals surface area contributed by atoms with Gasteiger partial charge in [0, 0.05) is 120 Å². The summed E-state index contributed by atoms with van der Waals surface area (Å²) in [5.74, 6) is 3.43. The molecule has 16 rings (SSSR count). The lowest BCUT2D eigenvalue weighted by Gasteiger charge is -2.14. The fraction of sp³-hybridized carbons (Fsp3) is 0.154. The highest BCUT2D eigenvalue weighted by molar-refractivity contribution is 7.93. The first kappa shape index (κ1) is 81.5. The first-order chi connectivity index (χ1) is 56.2. The summed E-state index contributed by atoms with van der Waals surface area (Å²) in [5, 5.41) is 19.3. The van der Waals surface area contributed by atoms with Crippen LogP contribution in [-0.4, -0.2) is 126 Å². The highest BCUT2D eigenvalue weighted by Gasteiger charge is 2.25. The number of aromatic nitrogens is 6. The molecular weight excluding hydrogens is 1640 g/mol. The minimum atomic E-state index is -3.86. The average molecular weight is 1720 g/mol. The van der Waals surface area contributed by atoms with Gasteiger partial charge in [-0.3, -0.25) is 14.2 Å². The Bertz CT molecular complexity index is 6440. The molecule has 0 saturated carbocycles. The van der Waals surface area contributed by atoms with Crippen LogP contribution in [0.3, 0.4) is 0 Å². The molecule has 4 aliphatic heterocycles. The van der Waals surface area contributed by atoms with Gasteiger partial charge in [-0.25, -0.2) is 79.6 Å². The van der Waals surface area contributed by atoms with Crippen molar-refractivity contribution >= 4 is 141 Å². The van der Waals surface area contributed by atoms with E-state index < -0.39 is 60.1 Å². The summed E-state index contributed by atoms with van der Waals surface area (Å²) in [5.41, 5.74) is 8.14. The van der Waals surface area contributed by atoms with Crippen LogP contribution >= 0.6 is 11.6 Å². The van der Waals surface area contributed by atoms with Crippen molar-refractivity contribution in [2.24, 2.45) is 0 Å². The lowest BCUT2D eigenvalue weighted by atomic mass is 10.1. The summed E-state index contributed by atoms with van der Waals surface area (Å²) in [7, 11) is -22.3. The lowest BCUT2D eigenvalue weighted by molar-refractivity contribution is 0.174. The second-order valence-corrected chi connectivity index (χ2v) is 37.2. The van der Waals surface area contributed by atoms with Crippen molar-refractivity contribution in [2.45, 2.75) is 62.0 Å².